The minimum absolute atomic E-state index is 0.0120. The van der Waals surface area contributed by atoms with E-state index in [1.165, 1.54) is 25.7 Å². The van der Waals surface area contributed by atoms with Crippen LogP contribution in [0.3, 0.4) is 0 Å². The van der Waals surface area contributed by atoms with E-state index in [-0.39, 0.29) is 16.2 Å². The topological polar surface area (TPSA) is 17.1 Å². The van der Waals surface area contributed by atoms with Crippen LogP contribution < -0.4 is 0 Å². The van der Waals surface area contributed by atoms with E-state index in [2.05, 4.69) is 20.8 Å². The average molecular weight is 192 g/mol. The van der Waals surface area contributed by atoms with Crippen molar-refractivity contribution in [2.24, 2.45) is 22.2 Å². The van der Waals surface area contributed by atoms with Crippen molar-refractivity contribution in [2.45, 2.75) is 52.9 Å². The second-order valence-corrected chi connectivity index (χ2v) is 6.48. The molecule has 1 spiro atoms. The highest BCUT2D eigenvalue weighted by molar-refractivity contribution is 5.95. The van der Waals surface area contributed by atoms with Crippen LogP contribution in [0.5, 0.6) is 0 Å². The number of hydrogen-bond acceptors (Lipinski definition) is 1. The molecule has 3 aliphatic rings. The number of carbonyl (C=O) groups excluding carboxylic acids is 1. The van der Waals surface area contributed by atoms with Crippen molar-refractivity contribution in [2.75, 3.05) is 0 Å². The Labute approximate surface area is 86.3 Å². The van der Waals surface area contributed by atoms with Gasteiger partial charge in [0.1, 0.15) is 5.78 Å². The van der Waals surface area contributed by atoms with Crippen molar-refractivity contribution in [3.63, 3.8) is 0 Å². The van der Waals surface area contributed by atoms with Crippen LogP contribution in [0.25, 0.3) is 0 Å². The van der Waals surface area contributed by atoms with Crippen LogP contribution in [0.4, 0.5) is 0 Å². The zero-order chi connectivity index (χ0) is 10.2. The van der Waals surface area contributed by atoms with Crippen LogP contribution in [0, 0.1) is 22.2 Å². The van der Waals surface area contributed by atoms with E-state index in [0.29, 0.717) is 11.7 Å². The molecule has 3 rings (SSSR count). The predicted octanol–water partition coefficient (Wildman–Crippen LogP) is 3.18. The third-order valence-corrected chi connectivity index (χ3v) is 6.09. The summed E-state index contributed by atoms with van der Waals surface area (Å²) in [4.78, 5) is 12.5. The van der Waals surface area contributed by atoms with E-state index in [1.807, 2.05) is 0 Å². The molecular formula is C13H20O. The number of Topliss-reactive ketones (excluding diaryl/α,β-unsaturated/α-hetero) is 1. The highest BCUT2D eigenvalue weighted by Gasteiger charge is 2.73. The van der Waals surface area contributed by atoms with Crippen LogP contribution in [0.15, 0.2) is 0 Å². The Morgan fingerprint density at radius 2 is 1.79 bits per heavy atom. The van der Waals surface area contributed by atoms with Gasteiger partial charge in [0.15, 0.2) is 0 Å². The summed E-state index contributed by atoms with van der Waals surface area (Å²) in [5.41, 5.74) is 0.430. The van der Waals surface area contributed by atoms with Gasteiger partial charge in [0, 0.05) is 10.8 Å². The maximum Gasteiger partial charge on any atom is 0.145 e. The van der Waals surface area contributed by atoms with Gasteiger partial charge in [-0.25, -0.2) is 0 Å². The third-order valence-electron chi connectivity index (χ3n) is 6.09. The molecule has 3 saturated carbocycles. The molecule has 0 aromatic rings. The number of rotatable bonds is 0. The van der Waals surface area contributed by atoms with Crippen molar-refractivity contribution in [3.05, 3.63) is 0 Å². The maximum absolute atomic E-state index is 12.5. The quantitative estimate of drug-likeness (QED) is 0.576. The molecule has 0 N–H and O–H groups in total. The van der Waals surface area contributed by atoms with Gasteiger partial charge in [-0.15, -0.1) is 0 Å². The van der Waals surface area contributed by atoms with Crippen LogP contribution in [-0.2, 0) is 4.79 Å². The SMILES string of the molecule is CC12CCC(C3(CCC3)C1=O)C2(C)C. The van der Waals surface area contributed by atoms with Crippen molar-refractivity contribution in [1.29, 1.82) is 0 Å². The van der Waals surface area contributed by atoms with E-state index >= 15 is 0 Å². The Balaban J connectivity index is 2.14. The summed E-state index contributed by atoms with van der Waals surface area (Å²) in [6.07, 6.45) is 6.11. The van der Waals surface area contributed by atoms with Crippen LogP contribution >= 0.6 is 0 Å². The summed E-state index contributed by atoms with van der Waals surface area (Å²) < 4.78 is 0. The summed E-state index contributed by atoms with van der Waals surface area (Å²) in [7, 11) is 0. The highest BCUT2D eigenvalue weighted by Crippen LogP contribution is 2.74. The molecule has 0 heterocycles. The first-order chi connectivity index (χ1) is 6.45. The Bertz CT molecular complexity index is 311. The predicted molar refractivity (Wildman–Crippen MR) is 55.9 cm³/mol. The van der Waals surface area contributed by atoms with Gasteiger partial charge in [0.05, 0.1) is 0 Å². The molecule has 0 amide bonds. The standard InChI is InChI=1S/C13H20O/c1-11(2)9-5-8-12(11,3)10(14)13(9)6-4-7-13/h9H,4-8H2,1-3H3. The number of ketones is 1. The van der Waals surface area contributed by atoms with Crippen LogP contribution in [-0.4, -0.2) is 5.78 Å². The summed E-state index contributed by atoms with van der Waals surface area (Å²) >= 11 is 0. The lowest BCUT2D eigenvalue weighted by molar-refractivity contribution is -0.142. The van der Waals surface area contributed by atoms with Crippen LogP contribution in [0.2, 0.25) is 0 Å². The molecule has 1 nitrogen and oxygen atoms in total. The van der Waals surface area contributed by atoms with E-state index in [0.717, 1.165) is 6.42 Å². The summed E-state index contributed by atoms with van der Waals surface area (Å²) in [5, 5.41) is 0. The minimum atomic E-state index is 0.0120. The highest BCUT2D eigenvalue weighted by atomic mass is 16.1. The molecule has 3 aliphatic carbocycles. The minimum Gasteiger partial charge on any atom is -0.298 e. The fraction of sp³-hybridized carbons (Fsp3) is 0.923. The summed E-state index contributed by atoms with van der Waals surface area (Å²) in [6, 6.07) is 0. The fourth-order valence-electron chi connectivity index (χ4n) is 4.71. The molecule has 0 aromatic heterocycles. The lowest BCUT2D eigenvalue weighted by atomic mass is 9.57. The molecule has 2 bridgehead atoms. The number of carbonyl (C=O) groups is 1. The second kappa shape index (κ2) is 2.10. The zero-order valence-corrected chi connectivity index (χ0v) is 9.52. The van der Waals surface area contributed by atoms with Gasteiger partial charge >= 0.3 is 0 Å². The van der Waals surface area contributed by atoms with Gasteiger partial charge in [-0.05, 0) is 37.0 Å². The van der Waals surface area contributed by atoms with Gasteiger partial charge in [-0.2, -0.15) is 0 Å². The zero-order valence-electron chi connectivity index (χ0n) is 9.52. The molecule has 2 unspecified atom stereocenters. The van der Waals surface area contributed by atoms with E-state index in [1.54, 1.807) is 0 Å². The monoisotopic (exact) mass is 192 g/mol. The molecule has 0 radical (unpaired) electrons. The largest absolute Gasteiger partial charge is 0.298 e. The molecule has 14 heavy (non-hydrogen) atoms. The molecule has 3 fully saturated rings. The van der Waals surface area contributed by atoms with Crippen molar-refractivity contribution in [3.8, 4) is 0 Å². The van der Waals surface area contributed by atoms with Crippen LogP contribution in [0.1, 0.15) is 52.9 Å². The molecule has 0 saturated heterocycles. The normalized spacial score (nSPS) is 47.1. The first-order valence-electron chi connectivity index (χ1n) is 6.00. The number of hydrogen-bond donors (Lipinski definition) is 0. The maximum atomic E-state index is 12.5. The van der Waals surface area contributed by atoms with Gasteiger partial charge in [0.2, 0.25) is 0 Å². The van der Waals surface area contributed by atoms with Gasteiger partial charge < -0.3 is 0 Å². The Hall–Kier alpha value is -0.330. The number of fused-ring (bicyclic) bond motifs is 3. The lowest BCUT2D eigenvalue weighted by Crippen LogP contribution is -2.45. The van der Waals surface area contributed by atoms with E-state index < -0.39 is 0 Å². The second-order valence-electron chi connectivity index (χ2n) is 6.48. The Kier molecular flexibility index (Phi) is 1.34. The summed E-state index contributed by atoms with van der Waals surface area (Å²) in [5.74, 6) is 1.32. The Morgan fingerprint density at radius 3 is 2.07 bits per heavy atom. The van der Waals surface area contributed by atoms with Gasteiger partial charge in [-0.1, -0.05) is 27.2 Å². The first-order valence-corrected chi connectivity index (χ1v) is 6.00. The van der Waals surface area contributed by atoms with E-state index in [9.17, 15) is 4.79 Å². The van der Waals surface area contributed by atoms with Crippen molar-refractivity contribution >= 4 is 5.78 Å². The van der Waals surface area contributed by atoms with Gasteiger partial charge in [-0.3, -0.25) is 4.79 Å². The first kappa shape index (κ1) is 8.94. The smallest absolute Gasteiger partial charge is 0.145 e. The molecular weight excluding hydrogens is 172 g/mol. The summed E-state index contributed by atoms with van der Waals surface area (Å²) in [6.45, 7) is 6.88. The van der Waals surface area contributed by atoms with Crippen molar-refractivity contribution in [1.82, 2.24) is 0 Å². The lowest BCUT2D eigenvalue weighted by Gasteiger charge is -2.45. The average Bonchev–Trinajstić information content (AvgIpc) is 2.32. The third kappa shape index (κ3) is 0.610. The molecule has 2 atom stereocenters. The Morgan fingerprint density at radius 1 is 1.14 bits per heavy atom. The fourth-order valence-corrected chi connectivity index (χ4v) is 4.71. The molecule has 1 heteroatoms. The molecule has 0 aromatic carbocycles. The van der Waals surface area contributed by atoms with Gasteiger partial charge in [0.25, 0.3) is 0 Å². The molecule has 0 aliphatic heterocycles. The van der Waals surface area contributed by atoms with E-state index in [4.69, 9.17) is 0 Å². The van der Waals surface area contributed by atoms with Crippen molar-refractivity contribution < 1.29 is 4.79 Å². The molecule has 78 valence electrons.